The number of hydrogen-bond acceptors (Lipinski definition) is 3. The second kappa shape index (κ2) is 7.93. The molecule has 0 saturated carbocycles. The van der Waals surface area contributed by atoms with Crippen molar-refractivity contribution >= 4 is 5.91 Å². The fourth-order valence-corrected chi connectivity index (χ4v) is 4.20. The third kappa shape index (κ3) is 3.42. The summed E-state index contributed by atoms with van der Waals surface area (Å²) >= 11 is 0. The van der Waals surface area contributed by atoms with Gasteiger partial charge < -0.3 is 4.90 Å². The highest BCUT2D eigenvalue weighted by Gasteiger charge is 2.41. The van der Waals surface area contributed by atoms with Gasteiger partial charge in [0.05, 0.1) is 11.1 Å². The van der Waals surface area contributed by atoms with Crippen LogP contribution < -0.4 is 0 Å². The van der Waals surface area contributed by atoms with Crippen LogP contribution in [0.4, 0.5) is 0 Å². The van der Waals surface area contributed by atoms with E-state index in [1.54, 1.807) is 12.4 Å². The molecule has 0 aliphatic carbocycles. The number of benzene rings is 2. The Kier molecular flexibility index (Phi) is 5.20. The second-order valence-corrected chi connectivity index (χ2v) is 7.58. The predicted octanol–water partition coefficient (Wildman–Crippen LogP) is 4.19. The van der Waals surface area contributed by atoms with Gasteiger partial charge in [0.2, 0.25) is 5.91 Å². The summed E-state index contributed by atoms with van der Waals surface area (Å²) in [6.45, 7) is 3.52. The molecule has 142 valence electrons. The zero-order valence-electron chi connectivity index (χ0n) is 16.2. The molecule has 0 spiro atoms. The molecule has 1 aliphatic heterocycles. The SMILES string of the molecule is CC(C(=O)N1CCC[C@@H](c2cnccn2)C1)(c1ccccc1)c1ccccc1. The molecule has 4 heteroatoms. The van der Waals surface area contributed by atoms with Crippen molar-refractivity contribution in [2.75, 3.05) is 13.1 Å². The summed E-state index contributed by atoms with van der Waals surface area (Å²) in [6, 6.07) is 20.2. The lowest BCUT2D eigenvalue weighted by Crippen LogP contribution is -2.49. The van der Waals surface area contributed by atoms with Gasteiger partial charge in [-0.1, -0.05) is 60.7 Å². The van der Waals surface area contributed by atoms with Crippen LogP contribution in [0.5, 0.6) is 0 Å². The molecule has 2 heterocycles. The lowest BCUT2D eigenvalue weighted by molar-refractivity contribution is -0.136. The Morgan fingerprint density at radius 3 is 2.21 bits per heavy atom. The first-order valence-electron chi connectivity index (χ1n) is 9.86. The van der Waals surface area contributed by atoms with Crippen molar-refractivity contribution in [3.8, 4) is 0 Å². The third-order valence-electron chi connectivity index (χ3n) is 5.84. The first-order chi connectivity index (χ1) is 13.7. The van der Waals surface area contributed by atoms with E-state index in [4.69, 9.17) is 0 Å². The third-order valence-corrected chi connectivity index (χ3v) is 5.84. The Morgan fingerprint density at radius 2 is 1.64 bits per heavy atom. The Hall–Kier alpha value is -3.01. The van der Waals surface area contributed by atoms with E-state index in [9.17, 15) is 4.79 Å². The summed E-state index contributed by atoms with van der Waals surface area (Å²) in [5.74, 6) is 0.390. The van der Waals surface area contributed by atoms with E-state index in [1.807, 2.05) is 54.4 Å². The molecule has 3 aromatic rings. The van der Waals surface area contributed by atoms with Crippen molar-refractivity contribution < 1.29 is 4.79 Å². The molecule has 28 heavy (non-hydrogen) atoms. The predicted molar refractivity (Wildman–Crippen MR) is 110 cm³/mol. The van der Waals surface area contributed by atoms with E-state index in [-0.39, 0.29) is 11.8 Å². The highest BCUT2D eigenvalue weighted by Crippen LogP contribution is 2.36. The molecule has 1 aromatic heterocycles. The number of piperidine rings is 1. The van der Waals surface area contributed by atoms with Gasteiger partial charge in [-0.2, -0.15) is 0 Å². The zero-order chi connectivity index (χ0) is 19.4. The van der Waals surface area contributed by atoms with Gasteiger partial charge in [0, 0.05) is 37.6 Å². The van der Waals surface area contributed by atoms with Gasteiger partial charge in [0.25, 0.3) is 0 Å². The molecule has 1 amide bonds. The normalized spacial score (nSPS) is 17.3. The lowest BCUT2D eigenvalue weighted by Gasteiger charge is -2.39. The number of carbonyl (C=O) groups is 1. The molecule has 1 atom stereocenters. The Labute approximate surface area is 166 Å². The van der Waals surface area contributed by atoms with Gasteiger partial charge in [-0.25, -0.2) is 0 Å². The van der Waals surface area contributed by atoms with Crippen LogP contribution in [0.3, 0.4) is 0 Å². The average Bonchev–Trinajstić information content (AvgIpc) is 2.80. The fourth-order valence-electron chi connectivity index (χ4n) is 4.20. The van der Waals surface area contributed by atoms with Crippen molar-refractivity contribution in [2.45, 2.75) is 31.1 Å². The summed E-state index contributed by atoms with van der Waals surface area (Å²) in [6.07, 6.45) is 7.26. The first kappa shape index (κ1) is 18.4. The molecular weight excluding hydrogens is 346 g/mol. The lowest BCUT2D eigenvalue weighted by atomic mass is 9.74. The Morgan fingerprint density at radius 1 is 1.00 bits per heavy atom. The minimum Gasteiger partial charge on any atom is -0.341 e. The van der Waals surface area contributed by atoms with Crippen LogP contribution >= 0.6 is 0 Å². The number of hydrogen-bond donors (Lipinski definition) is 0. The maximum Gasteiger partial charge on any atom is 0.237 e. The van der Waals surface area contributed by atoms with Gasteiger partial charge in [0.15, 0.2) is 0 Å². The number of carbonyl (C=O) groups excluding carboxylic acids is 1. The molecule has 4 rings (SSSR count). The quantitative estimate of drug-likeness (QED) is 0.691. The molecule has 1 saturated heterocycles. The zero-order valence-corrected chi connectivity index (χ0v) is 16.2. The largest absolute Gasteiger partial charge is 0.341 e. The summed E-state index contributed by atoms with van der Waals surface area (Å²) in [5, 5.41) is 0. The van der Waals surface area contributed by atoms with Crippen LogP contribution in [0, 0.1) is 0 Å². The van der Waals surface area contributed by atoms with Crippen LogP contribution in [0.25, 0.3) is 0 Å². The number of nitrogens with zero attached hydrogens (tertiary/aromatic N) is 3. The van der Waals surface area contributed by atoms with Gasteiger partial charge in [-0.15, -0.1) is 0 Å². The number of amides is 1. The summed E-state index contributed by atoms with van der Waals surface area (Å²) < 4.78 is 0. The summed E-state index contributed by atoms with van der Waals surface area (Å²) in [7, 11) is 0. The summed E-state index contributed by atoms with van der Waals surface area (Å²) in [5.41, 5.74) is 2.30. The topological polar surface area (TPSA) is 46.1 Å². The van der Waals surface area contributed by atoms with Crippen LogP contribution in [-0.2, 0) is 10.2 Å². The minimum atomic E-state index is -0.715. The highest BCUT2D eigenvalue weighted by atomic mass is 16.2. The molecule has 1 aliphatic rings. The molecule has 2 aromatic carbocycles. The second-order valence-electron chi connectivity index (χ2n) is 7.58. The van der Waals surface area contributed by atoms with E-state index in [2.05, 4.69) is 34.2 Å². The number of aromatic nitrogens is 2. The van der Waals surface area contributed by atoms with Crippen LogP contribution in [0.1, 0.15) is 42.5 Å². The van der Waals surface area contributed by atoms with Crippen molar-refractivity contribution in [3.05, 3.63) is 96.1 Å². The molecule has 0 N–H and O–H groups in total. The Balaban J connectivity index is 1.68. The van der Waals surface area contributed by atoms with Crippen molar-refractivity contribution in [3.63, 3.8) is 0 Å². The smallest absolute Gasteiger partial charge is 0.237 e. The fraction of sp³-hybridized carbons (Fsp3) is 0.292. The van der Waals surface area contributed by atoms with E-state index >= 15 is 0 Å². The first-order valence-corrected chi connectivity index (χ1v) is 9.86. The van der Waals surface area contributed by atoms with E-state index in [0.717, 1.165) is 36.2 Å². The molecule has 0 unspecified atom stereocenters. The number of rotatable bonds is 4. The summed E-state index contributed by atoms with van der Waals surface area (Å²) in [4.78, 5) is 24.6. The number of likely N-dealkylation sites (tertiary alicyclic amines) is 1. The average molecular weight is 371 g/mol. The van der Waals surface area contributed by atoms with Gasteiger partial charge in [-0.3, -0.25) is 14.8 Å². The van der Waals surface area contributed by atoms with Crippen molar-refractivity contribution in [2.24, 2.45) is 0 Å². The van der Waals surface area contributed by atoms with Crippen molar-refractivity contribution in [1.82, 2.24) is 14.9 Å². The monoisotopic (exact) mass is 371 g/mol. The van der Waals surface area contributed by atoms with Gasteiger partial charge >= 0.3 is 0 Å². The van der Waals surface area contributed by atoms with Gasteiger partial charge in [-0.05, 0) is 30.9 Å². The van der Waals surface area contributed by atoms with E-state index < -0.39 is 5.41 Å². The molecule has 0 radical (unpaired) electrons. The van der Waals surface area contributed by atoms with Crippen molar-refractivity contribution in [1.29, 1.82) is 0 Å². The van der Waals surface area contributed by atoms with E-state index in [1.165, 1.54) is 0 Å². The molecule has 1 fully saturated rings. The molecule has 0 bridgehead atoms. The minimum absolute atomic E-state index is 0.151. The van der Waals surface area contributed by atoms with Crippen LogP contribution in [0.2, 0.25) is 0 Å². The highest BCUT2D eigenvalue weighted by molar-refractivity contribution is 5.91. The van der Waals surface area contributed by atoms with Crippen LogP contribution in [0.15, 0.2) is 79.3 Å². The Bertz CT molecular complexity index is 873. The van der Waals surface area contributed by atoms with Gasteiger partial charge in [0.1, 0.15) is 0 Å². The van der Waals surface area contributed by atoms with E-state index in [0.29, 0.717) is 6.54 Å². The van der Waals surface area contributed by atoms with Crippen LogP contribution in [-0.4, -0.2) is 33.9 Å². The molecule has 4 nitrogen and oxygen atoms in total. The maximum absolute atomic E-state index is 13.9. The molecular formula is C24H25N3O. The standard InChI is InChI=1S/C24H25N3O/c1-24(20-10-4-2-5-11-20,21-12-6-3-7-13-21)23(28)27-16-8-9-19(18-27)22-17-25-14-15-26-22/h2-7,10-15,17,19H,8-9,16,18H2,1H3/t19-/m1/s1. The maximum atomic E-state index is 13.9.